The van der Waals surface area contributed by atoms with E-state index in [9.17, 15) is 0 Å². The predicted molar refractivity (Wildman–Crippen MR) is 197 cm³/mol. The number of rotatable bonds is 36. The first kappa shape index (κ1) is 45.0. The molecular weight excluding hydrogens is 591 g/mol. The maximum atomic E-state index is 2.38. The lowest BCUT2D eigenvalue weighted by atomic mass is 10.1. The SMILES string of the molecule is CCCCCCCCCCCCCC[P+](CCCCCC)(CCCCCC)CCCCCCCCCCCCCC.[Br-]. The Bertz CT molecular complexity index is 423. The molecule has 0 saturated heterocycles. The van der Waals surface area contributed by atoms with Crippen molar-refractivity contribution in [1.29, 1.82) is 0 Å². The molecule has 0 N–H and O–H groups in total. The Morgan fingerprint density at radius 3 is 0.548 bits per heavy atom. The van der Waals surface area contributed by atoms with Gasteiger partial charge in [0.1, 0.15) is 0 Å². The van der Waals surface area contributed by atoms with Crippen molar-refractivity contribution in [3.8, 4) is 0 Å². The van der Waals surface area contributed by atoms with Crippen LogP contribution in [-0.4, -0.2) is 24.6 Å². The molecule has 256 valence electrons. The molecule has 0 aromatic heterocycles. The van der Waals surface area contributed by atoms with E-state index in [2.05, 4.69) is 27.7 Å². The van der Waals surface area contributed by atoms with Gasteiger partial charge < -0.3 is 17.0 Å². The van der Waals surface area contributed by atoms with Crippen LogP contribution in [0.1, 0.15) is 233 Å². The number of halogens is 1. The topological polar surface area (TPSA) is 0 Å². The normalized spacial score (nSPS) is 11.7. The van der Waals surface area contributed by atoms with Crippen LogP contribution in [0.25, 0.3) is 0 Å². The molecule has 0 amide bonds. The van der Waals surface area contributed by atoms with E-state index < -0.39 is 7.26 Å². The Hall–Kier alpha value is 0.910. The fraction of sp³-hybridized carbons (Fsp3) is 1.00. The molecule has 0 atom stereocenters. The molecule has 0 heterocycles. The van der Waals surface area contributed by atoms with Gasteiger partial charge in [-0.05, 0) is 51.4 Å². The molecule has 0 aromatic carbocycles. The standard InChI is InChI=1S/C40H84P.BrH/c1-5-9-13-17-19-21-23-25-27-29-31-35-39-41(37-33-15-11-7-3,38-34-16-12-8-4)40-36-32-30-28-26-24-22-20-18-14-10-6-2;/h5-40H2,1-4H3;1H/q+1;/p-1. The van der Waals surface area contributed by atoms with Crippen molar-refractivity contribution in [2.45, 2.75) is 233 Å². The van der Waals surface area contributed by atoms with Crippen molar-refractivity contribution in [3.63, 3.8) is 0 Å². The van der Waals surface area contributed by atoms with Crippen molar-refractivity contribution >= 4 is 7.26 Å². The van der Waals surface area contributed by atoms with Gasteiger partial charge in [0.15, 0.2) is 0 Å². The van der Waals surface area contributed by atoms with Crippen LogP contribution in [0.4, 0.5) is 0 Å². The zero-order valence-corrected chi connectivity index (χ0v) is 32.8. The second kappa shape index (κ2) is 38.1. The lowest BCUT2D eigenvalue weighted by Gasteiger charge is -2.28. The third-order valence-corrected chi connectivity index (χ3v) is 15.0. The highest BCUT2D eigenvalue weighted by Crippen LogP contribution is 2.61. The van der Waals surface area contributed by atoms with Crippen molar-refractivity contribution in [2.75, 3.05) is 24.6 Å². The second-order valence-corrected chi connectivity index (χ2v) is 18.6. The maximum absolute atomic E-state index is 2.38. The zero-order chi connectivity index (χ0) is 30.0. The van der Waals surface area contributed by atoms with Gasteiger partial charge in [0, 0.05) is 7.26 Å². The highest BCUT2D eigenvalue weighted by atomic mass is 79.9. The molecule has 0 spiro atoms. The Morgan fingerprint density at radius 1 is 0.214 bits per heavy atom. The lowest BCUT2D eigenvalue weighted by molar-refractivity contribution is -0.00000930. The summed E-state index contributed by atoms with van der Waals surface area (Å²) < 4.78 is 0. The maximum Gasteiger partial charge on any atom is 0.0594 e. The second-order valence-electron chi connectivity index (χ2n) is 14.1. The Balaban J connectivity index is 0. The monoisotopic (exact) mass is 675 g/mol. The summed E-state index contributed by atoms with van der Waals surface area (Å²) in [5, 5.41) is 0. The summed E-state index contributed by atoms with van der Waals surface area (Å²) in [4.78, 5) is 0. The van der Waals surface area contributed by atoms with Crippen LogP contribution >= 0.6 is 7.26 Å². The Labute approximate surface area is 281 Å². The van der Waals surface area contributed by atoms with Crippen LogP contribution in [0.15, 0.2) is 0 Å². The molecule has 0 nitrogen and oxygen atoms in total. The minimum atomic E-state index is -0.736. The summed E-state index contributed by atoms with van der Waals surface area (Å²) in [7, 11) is -0.736. The van der Waals surface area contributed by atoms with Gasteiger partial charge in [-0.2, -0.15) is 0 Å². The molecule has 42 heavy (non-hydrogen) atoms. The van der Waals surface area contributed by atoms with Crippen molar-refractivity contribution in [1.82, 2.24) is 0 Å². The summed E-state index contributed by atoms with van der Waals surface area (Å²) in [5.41, 5.74) is 0. The third kappa shape index (κ3) is 32.3. The van der Waals surface area contributed by atoms with Crippen LogP contribution in [0.3, 0.4) is 0 Å². The van der Waals surface area contributed by atoms with Crippen LogP contribution in [0, 0.1) is 0 Å². The largest absolute Gasteiger partial charge is 1.00 e. The summed E-state index contributed by atoms with van der Waals surface area (Å²) in [6.07, 6.45) is 54.1. The van der Waals surface area contributed by atoms with Gasteiger partial charge in [-0.3, -0.25) is 0 Å². The highest BCUT2D eigenvalue weighted by Gasteiger charge is 2.34. The summed E-state index contributed by atoms with van der Waals surface area (Å²) in [6, 6.07) is 0. The summed E-state index contributed by atoms with van der Waals surface area (Å²) in [6.45, 7) is 9.41. The molecule has 2 heteroatoms. The van der Waals surface area contributed by atoms with E-state index in [0.717, 1.165) is 0 Å². The van der Waals surface area contributed by atoms with Gasteiger partial charge in [0.2, 0.25) is 0 Å². The van der Waals surface area contributed by atoms with E-state index in [-0.39, 0.29) is 17.0 Å². The van der Waals surface area contributed by atoms with Crippen LogP contribution in [-0.2, 0) is 0 Å². The fourth-order valence-corrected chi connectivity index (χ4v) is 11.9. The Kier molecular flexibility index (Phi) is 40.8. The fourth-order valence-electron chi connectivity index (χ4n) is 7.00. The van der Waals surface area contributed by atoms with Gasteiger partial charge in [-0.1, -0.05) is 182 Å². The molecule has 0 saturated carbocycles. The summed E-state index contributed by atoms with van der Waals surface area (Å²) >= 11 is 0. The highest BCUT2D eigenvalue weighted by molar-refractivity contribution is 7.75. The van der Waals surface area contributed by atoms with Gasteiger partial charge >= 0.3 is 0 Å². The predicted octanol–water partition coefficient (Wildman–Crippen LogP) is 12.6. The first-order valence-electron chi connectivity index (χ1n) is 20.1. The van der Waals surface area contributed by atoms with Gasteiger partial charge in [0.25, 0.3) is 0 Å². The van der Waals surface area contributed by atoms with Crippen molar-refractivity contribution in [3.05, 3.63) is 0 Å². The average Bonchev–Trinajstić information content (AvgIpc) is 2.98. The van der Waals surface area contributed by atoms with E-state index in [1.807, 2.05) is 0 Å². The average molecular weight is 676 g/mol. The first-order valence-corrected chi connectivity index (χ1v) is 22.6. The molecular formula is C40H84BrP. The minimum absolute atomic E-state index is 0. The first-order chi connectivity index (χ1) is 20.2. The van der Waals surface area contributed by atoms with Gasteiger partial charge in [0.05, 0.1) is 24.6 Å². The molecule has 0 aliphatic heterocycles. The molecule has 0 aliphatic rings. The molecule has 0 aliphatic carbocycles. The van der Waals surface area contributed by atoms with E-state index in [0.29, 0.717) is 0 Å². The quantitative estimate of drug-likeness (QED) is 0.0458. The smallest absolute Gasteiger partial charge is 0.0594 e. The van der Waals surface area contributed by atoms with Crippen LogP contribution in [0.2, 0.25) is 0 Å². The summed E-state index contributed by atoms with van der Waals surface area (Å²) in [5.74, 6) is 0. The van der Waals surface area contributed by atoms with E-state index >= 15 is 0 Å². The lowest BCUT2D eigenvalue weighted by Crippen LogP contribution is -3.00. The third-order valence-electron chi connectivity index (χ3n) is 9.94. The minimum Gasteiger partial charge on any atom is -1.00 e. The number of hydrogen-bond donors (Lipinski definition) is 0. The van der Waals surface area contributed by atoms with Gasteiger partial charge in [-0.25, -0.2) is 0 Å². The molecule has 0 radical (unpaired) electrons. The molecule has 0 rings (SSSR count). The van der Waals surface area contributed by atoms with Crippen molar-refractivity contribution < 1.29 is 17.0 Å². The van der Waals surface area contributed by atoms with Gasteiger partial charge in [-0.15, -0.1) is 0 Å². The van der Waals surface area contributed by atoms with E-state index in [4.69, 9.17) is 0 Å². The van der Waals surface area contributed by atoms with E-state index in [1.165, 1.54) is 180 Å². The van der Waals surface area contributed by atoms with Crippen molar-refractivity contribution in [2.24, 2.45) is 0 Å². The number of hydrogen-bond acceptors (Lipinski definition) is 0. The van der Waals surface area contributed by atoms with Crippen LogP contribution < -0.4 is 17.0 Å². The molecule has 0 fully saturated rings. The van der Waals surface area contributed by atoms with E-state index in [1.54, 1.807) is 50.3 Å². The molecule has 0 aromatic rings. The zero-order valence-electron chi connectivity index (χ0n) is 30.3. The molecule has 0 bridgehead atoms. The Morgan fingerprint density at radius 2 is 0.357 bits per heavy atom. The number of unbranched alkanes of at least 4 members (excludes halogenated alkanes) is 28. The molecule has 0 unspecified atom stereocenters. The van der Waals surface area contributed by atoms with Crippen LogP contribution in [0.5, 0.6) is 0 Å².